The Hall–Kier alpha value is -1.01. The van der Waals surface area contributed by atoms with Crippen LogP contribution in [0.1, 0.15) is 17.8 Å². The molecule has 0 N–H and O–H groups in total. The summed E-state index contributed by atoms with van der Waals surface area (Å²) in [6.07, 6.45) is 0.790. The van der Waals surface area contributed by atoms with E-state index in [9.17, 15) is 0 Å². The first-order chi connectivity index (χ1) is 5.83. The highest BCUT2D eigenvalue weighted by Gasteiger charge is 1.87. The first-order valence-corrected chi connectivity index (χ1v) is 4.36. The first kappa shape index (κ1) is 9.08. The largest absolute Gasteiger partial charge is 0.178 e. The molecule has 0 aliphatic carbocycles. The molecular formula is C9H10N2S. The number of rotatable bonds is 1. The third-order valence-electron chi connectivity index (χ3n) is 1.25. The van der Waals surface area contributed by atoms with Crippen LogP contribution in [0.2, 0.25) is 0 Å². The number of hydrogen-bond donors (Lipinski definition) is 1. The zero-order valence-corrected chi connectivity index (χ0v) is 7.80. The van der Waals surface area contributed by atoms with Crippen molar-refractivity contribution in [1.29, 1.82) is 0 Å². The molecule has 1 heterocycles. The molecule has 0 unspecified atom stereocenters. The van der Waals surface area contributed by atoms with Gasteiger partial charge in [-0.2, -0.15) is 17.7 Å². The van der Waals surface area contributed by atoms with E-state index in [0.717, 1.165) is 23.6 Å². The molecule has 0 aromatic carbocycles. The molecule has 0 fully saturated rings. The Morgan fingerprint density at radius 1 is 1.42 bits per heavy atom. The predicted molar refractivity (Wildman–Crippen MR) is 52.1 cm³/mol. The van der Waals surface area contributed by atoms with Crippen LogP contribution in [0, 0.1) is 18.8 Å². The number of aromatic nitrogens is 2. The number of hydrogen-bond acceptors (Lipinski definition) is 3. The summed E-state index contributed by atoms with van der Waals surface area (Å²) in [5.41, 5.74) is 1.64. The Balaban J connectivity index is 2.66. The minimum Gasteiger partial charge on any atom is -0.178 e. The lowest BCUT2D eigenvalue weighted by Crippen LogP contribution is -1.88. The number of nitrogens with zero attached hydrogens (tertiary/aromatic N) is 2. The Labute approximate surface area is 77.8 Å². The molecule has 1 aromatic heterocycles. The van der Waals surface area contributed by atoms with Crippen molar-refractivity contribution in [1.82, 2.24) is 10.2 Å². The van der Waals surface area contributed by atoms with Crippen LogP contribution in [0.4, 0.5) is 0 Å². The van der Waals surface area contributed by atoms with E-state index in [1.54, 1.807) is 0 Å². The lowest BCUT2D eigenvalue weighted by Gasteiger charge is -1.88. The molecule has 0 saturated carbocycles. The molecule has 0 saturated heterocycles. The van der Waals surface area contributed by atoms with Gasteiger partial charge in [0.2, 0.25) is 0 Å². The zero-order valence-electron chi connectivity index (χ0n) is 6.91. The third-order valence-corrected chi connectivity index (χ3v) is 1.47. The highest BCUT2D eigenvalue weighted by atomic mass is 32.1. The molecular weight excluding hydrogens is 168 g/mol. The van der Waals surface area contributed by atoms with Gasteiger partial charge in [0.05, 0.1) is 5.69 Å². The van der Waals surface area contributed by atoms with Gasteiger partial charge in [-0.3, -0.25) is 0 Å². The average Bonchev–Trinajstić information content (AvgIpc) is 2.09. The summed E-state index contributed by atoms with van der Waals surface area (Å²) >= 11 is 4.04. The van der Waals surface area contributed by atoms with Crippen molar-refractivity contribution >= 4 is 12.6 Å². The quantitative estimate of drug-likeness (QED) is 0.520. The molecule has 0 spiro atoms. The fraction of sp³-hybridized carbons (Fsp3) is 0.333. The molecule has 1 aromatic rings. The minimum absolute atomic E-state index is 0.724. The fourth-order valence-corrected chi connectivity index (χ4v) is 0.786. The molecule has 2 nitrogen and oxygen atoms in total. The second kappa shape index (κ2) is 4.78. The predicted octanol–water partition coefficient (Wildman–Crippen LogP) is 1.46. The lowest BCUT2D eigenvalue weighted by atomic mass is 10.3. The van der Waals surface area contributed by atoms with Gasteiger partial charge in [0, 0.05) is 12.2 Å². The molecule has 0 aliphatic rings. The Bertz CT molecular complexity index is 295. The smallest absolute Gasteiger partial charge is 0.135 e. The van der Waals surface area contributed by atoms with Crippen LogP contribution in [0.25, 0.3) is 0 Å². The Morgan fingerprint density at radius 2 is 2.25 bits per heavy atom. The van der Waals surface area contributed by atoms with Gasteiger partial charge in [-0.05, 0) is 25.0 Å². The van der Waals surface area contributed by atoms with E-state index in [2.05, 4.69) is 34.7 Å². The summed E-state index contributed by atoms with van der Waals surface area (Å²) in [5.74, 6) is 6.63. The summed E-state index contributed by atoms with van der Waals surface area (Å²) in [6, 6.07) is 3.77. The summed E-state index contributed by atoms with van der Waals surface area (Å²) in [5, 5.41) is 7.79. The van der Waals surface area contributed by atoms with E-state index < -0.39 is 0 Å². The van der Waals surface area contributed by atoms with Gasteiger partial charge in [-0.25, -0.2) is 0 Å². The summed E-state index contributed by atoms with van der Waals surface area (Å²) in [4.78, 5) is 0. The lowest BCUT2D eigenvalue weighted by molar-refractivity contribution is 0.966. The Morgan fingerprint density at radius 3 is 2.83 bits per heavy atom. The van der Waals surface area contributed by atoms with Gasteiger partial charge >= 0.3 is 0 Å². The maximum absolute atomic E-state index is 4.04. The van der Waals surface area contributed by atoms with Crippen molar-refractivity contribution in [3.8, 4) is 11.8 Å². The van der Waals surface area contributed by atoms with Gasteiger partial charge in [0.15, 0.2) is 0 Å². The van der Waals surface area contributed by atoms with Crippen LogP contribution in [-0.2, 0) is 0 Å². The Kier molecular flexibility index (Phi) is 3.62. The van der Waals surface area contributed by atoms with Gasteiger partial charge in [0.25, 0.3) is 0 Å². The first-order valence-electron chi connectivity index (χ1n) is 3.73. The van der Waals surface area contributed by atoms with E-state index in [-0.39, 0.29) is 0 Å². The molecule has 0 aliphatic heterocycles. The normalized spacial score (nSPS) is 8.83. The molecule has 0 atom stereocenters. The van der Waals surface area contributed by atoms with Crippen LogP contribution < -0.4 is 0 Å². The van der Waals surface area contributed by atoms with Crippen LogP contribution in [0.15, 0.2) is 12.1 Å². The zero-order chi connectivity index (χ0) is 8.81. The third kappa shape index (κ3) is 2.93. The second-order valence-corrected chi connectivity index (χ2v) is 2.78. The molecule has 62 valence electrons. The maximum atomic E-state index is 4.04. The van der Waals surface area contributed by atoms with Gasteiger partial charge < -0.3 is 0 Å². The summed E-state index contributed by atoms with van der Waals surface area (Å²) in [6.45, 7) is 1.90. The fourth-order valence-electron chi connectivity index (χ4n) is 0.675. The monoisotopic (exact) mass is 178 g/mol. The molecule has 1 rings (SSSR count). The van der Waals surface area contributed by atoms with Crippen molar-refractivity contribution in [2.75, 3.05) is 5.75 Å². The van der Waals surface area contributed by atoms with Gasteiger partial charge in [-0.15, -0.1) is 5.10 Å². The summed E-state index contributed by atoms with van der Waals surface area (Å²) in [7, 11) is 0. The van der Waals surface area contributed by atoms with Crippen LogP contribution in [-0.4, -0.2) is 16.0 Å². The molecule has 0 radical (unpaired) electrons. The van der Waals surface area contributed by atoms with Crippen LogP contribution >= 0.6 is 12.6 Å². The van der Waals surface area contributed by atoms with E-state index >= 15 is 0 Å². The minimum atomic E-state index is 0.724. The van der Waals surface area contributed by atoms with Crippen molar-refractivity contribution in [3.05, 3.63) is 23.5 Å². The van der Waals surface area contributed by atoms with Crippen LogP contribution in [0.3, 0.4) is 0 Å². The van der Waals surface area contributed by atoms with E-state index in [4.69, 9.17) is 0 Å². The van der Waals surface area contributed by atoms with E-state index in [1.807, 2.05) is 19.1 Å². The maximum Gasteiger partial charge on any atom is 0.135 e. The molecule has 3 heteroatoms. The van der Waals surface area contributed by atoms with E-state index in [1.165, 1.54) is 0 Å². The van der Waals surface area contributed by atoms with Gasteiger partial charge in [0.1, 0.15) is 5.69 Å². The molecule has 0 bridgehead atoms. The van der Waals surface area contributed by atoms with E-state index in [0.29, 0.717) is 0 Å². The van der Waals surface area contributed by atoms with Crippen LogP contribution in [0.5, 0.6) is 0 Å². The van der Waals surface area contributed by atoms with Crippen molar-refractivity contribution in [2.24, 2.45) is 0 Å². The van der Waals surface area contributed by atoms with Crippen molar-refractivity contribution < 1.29 is 0 Å². The highest BCUT2D eigenvalue weighted by molar-refractivity contribution is 7.80. The average molecular weight is 178 g/mol. The molecule has 12 heavy (non-hydrogen) atoms. The van der Waals surface area contributed by atoms with Crippen molar-refractivity contribution in [2.45, 2.75) is 13.3 Å². The van der Waals surface area contributed by atoms with Crippen molar-refractivity contribution in [3.63, 3.8) is 0 Å². The summed E-state index contributed by atoms with van der Waals surface area (Å²) < 4.78 is 0. The number of thiol groups is 1. The highest BCUT2D eigenvalue weighted by Crippen LogP contribution is 1.92. The topological polar surface area (TPSA) is 25.8 Å². The standard InChI is InChI=1S/C9H10N2S/c1-8-5-6-9(11-10-8)4-2-3-7-12/h5-6,12H,3,7H2,1H3. The van der Waals surface area contributed by atoms with Gasteiger partial charge in [-0.1, -0.05) is 5.92 Å². The molecule has 0 amide bonds. The second-order valence-electron chi connectivity index (χ2n) is 2.34. The SMILES string of the molecule is Cc1ccc(C#CCCS)nn1. The number of aryl methyl sites for hydroxylation is 1.